The van der Waals surface area contributed by atoms with Gasteiger partial charge in [-0.25, -0.2) is 0 Å². The average molecular weight is 858 g/mol. The Labute approximate surface area is 267 Å². The van der Waals surface area contributed by atoms with Gasteiger partial charge in [-0.15, -0.1) is 0 Å². The zero-order valence-electron chi connectivity index (χ0n) is 20.8. The van der Waals surface area contributed by atoms with E-state index in [1.807, 2.05) is 0 Å². The largest absolute Gasteiger partial charge is 6.00 e. The first-order valence-corrected chi connectivity index (χ1v) is 7.96. The van der Waals surface area contributed by atoms with Crippen molar-refractivity contribution >= 4 is 56.2 Å². The summed E-state index contributed by atoms with van der Waals surface area (Å²) >= 11 is 0. The zero-order valence-corrected chi connectivity index (χ0v) is 22.8. The Balaban J connectivity index is -0.0000000449. The van der Waals surface area contributed by atoms with Crippen LogP contribution in [0.25, 0.3) is 0 Å². The van der Waals surface area contributed by atoms with Gasteiger partial charge in [0.1, 0.15) is 35.8 Å². The van der Waals surface area contributed by atoms with Gasteiger partial charge in [-0.1, -0.05) is 0 Å². The summed E-state index contributed by atoms with van der Waals surface area (Å²) in [4.78, 5) is 75.2. The Morgan fingerprint density at radius 2 is 0.286 bits per heavy atom. The molecule has 0 unspecified atom stereocenters. The molecule has 0 aliphatic heterocycles. The second-order valence-corrected chi connectivity index (χ2v) is 4.71. The molecule has 6 radical (unpaired) electrons. The Morgan fingerprint density at radius 1 is 0.265 bits per heavy atom. The van der Waals surface area contributed by atoms with Gasteiger partial charge in [-0.2, -0.15) is 79.0 Å². The van der Waals surface area contributed by atoms with E-state index < -0.39 is 72.9 Å². The van der Waals surface area contributed by atoms with Crippen molar-refractivity contribution in [3.05, 3.63) is 0 Å². The van der Waals surface area contributed by atoms with Crippen LogP contribution in [0.5, 0.6) is 0 Å². The molecular formula is C15F18MoO15. The number of aliphatic carboxylic acids is 6. The smallest absolute Gasteiger partial charge is 0.542 e. The van der Waals surface area contributed by atoms with Gasteiger partial charge in [-0.05, 0) is 0 Å². The topological polar surface area (TPSA) is 292 Å². The van der Waals surface area contributed by atoms with Gasteiger partial charge < -0.3 is 59.4 Å². The summed E-state index contributed by atoms with van der Waals surface area (Å²) in [5.74, 6) is -18.0. The molecule has 0 bridgehead atoms. The van der Waals surface area contributed by atoms with Crippen LogP contribution in [-0.4, -0.2) is 93.2 Å². The average Bonchev–Trinajstić information content (AvgIpc) is 2.86. The number of alkyl halides is 18. The van der Waals surface area contributed by atoms with E-state index in [1.165, 1.54) is 0 Å². The normalized spacial score (nSPS) is 9.92. The van der Waals surface area contributed by atoms with Gasteiger partial charge in [0.25, 0.3) is 20.4 Å². The van der Waals surface area contributed by atoms with Crippen LogP contribution in [0.3, 0.4) is 0 Å². The van der Waals surface area contributed by atoms with Crippen molar-refractivity contribution in [1.29, 1.82) is 0 Å². The number of carboxylic acid groups (broad SMARTS) is 6. The number of carbonyl (C=O) groups excluding carboxylic acids is 9. The second-order valence-electron chi connectivity index (χ2n) is 4.71. The first-order valence-electron chi connectivity index (χ1n) is 7.96. The van der Waals surface area contributed by atoms with Gasteiger partial charge in [0.05, 0.1) is 0 Å². The van der Waals surface area contributed by atoms with Crippen LogP contribution in [0.4, 0.5) is 79.0 Å². The van der Waals surface area contributed by atoms with Gasteiger partial charge >= 0.3 is 58.1 Å². The van der Waals surface area contributed by atoms with Crippen LogP contribution in [0.15, 0.2) is 0 Å². The Bertz CT molecular complexity index is 745. The molecule has 15 nitrogen and oxygen atoms in total. The molecule has 282 valence electrons. The maximum atomic E-state index is 10.5. The van der Waals surface area contributed by atoms with Crippen molar-refractivity contribution in [2.45, 2.75) is 37.1 Å². The maximum absolute atomic E-state index is 10.5. The molecule has 0 N–H and O–H groups in total. The minimum atomic E-state index is -5.19. The molecule has 0 heterocycles. The van der Waals surface area contributed by atoms with Crippen molar-refractivity contribution in [3.8, 4) is 0 Å². The van der Waals surface area contributed by atoms with E-state index in [9.17, 15) is 79.0 Å². The second kappa shape index (κ2) is 31.8. The van der Waals surface area contributed by atoms with Crippen molar-refractivity contribution in [2.24, 2.45) is 0 Å². The fourth-order valence-electron chi connectivity index (χ4n) is 0. The van der Waals surface area contributed by atoms with E-state index in [-0.39, 0.29) is 21.1 Å². The fraction of sp³-hybridized carbons (Fsp3) is 0.400. The number of halogens is 18. The van der Waals surface area contributed by atoms with Crippen LogP contribution >= 0.6 is 0 Å². The number of hydrogen-bond acceptors (Lipinski definition) is 15. The van der Waals surface area contributed by atoms with Crippen molar-refractivity contribution in [1.82, 2.24) is 0 Å². The Hall–Kier alpha value is -4.74. The third-order valence-corrected chi connectivity index (χ3v) is 1.39. The summed E-state index contributed by atoms with van der Waals surface area (Å²) in [6.45, 7) is 13.5. The Kier molecular flexibility index (Phi) is 45.9. The Morgan fingerprint density at radius 3 is 0.286 bits per heavy atom. The summed E-state index contributed by atoms with van der Waals surface area (Å²) in [6, 6.07) is 0. The van der Waals surface area contributed by atoms with E-state index in [1.54, 1.807) is 0 Å². The molecule has 34 heteroatoms. The van der Waals surface area contributed by atoms with Crippen LogP contribution in [0.2, 0.25) is 0 Å². The van der Waals surface area contributed by atoms with Gasteiger partial charge in [0, 0.05) is 0 Å². The quantitative estimate of drug-likeness (QED) is 0.162. The van der Waals surface area contributed by atoms with E-state index in [0.717, 1.165) is 0 Å². The molecule has 0 saturated heterocycles. The predicted molar refractivity (Wildman–Crippen MR) is 83.5 cm³/mol. The molecule has 0 spiro atoms. The first-order chi connectivity index (χ1) is 20.7. The molecule has 0 aromatic rings. The minimum Gasteiger partial charge on any atom is -0.542 e. The van der Waals surface area contributed by atoms with Gasteiger partial charge in [-0.3, -0.25) is 14.4 Å². The van der Waals surface area contributed by atoms with Crippen molar-refractivity contribution in [2.75, 3.05) is 0 Å². The number of carbonyl (C=O) groups is 6. The van der Waals surface area contributed by atoms with E-state index in [4.69, 9.17) is 73.8 Å². The van der Waals surface area contributed by atoms with Gasteiger partial charge in [0.15, 0.2) is 0 Å². The molecule has 0 fully saturated rings. The third-order valence-electron chi connectivity index (χ3n) is 1.39. The standard InChI is InChI=1S/6C2HF3O2.3CO.Mo/c6*3-2(4,5)1(6)7;3*1-2;/h6*(H,6,7);;;;/q;;;;;;;;;+6/p-6. The van der Waals surface area contributed by atoms with Crippen molar-refractivity contribution < 1.29 is 174 Å². The molecule has 0 aliphatic rings. The predicted octanol–water partition coefficient (Wildman–Crippen LogP) is -5.40. The summed E-state index contributed by atoms with van der Waals surface area (Å²) in [5.41, 5.74) is 0. The maximum Gasteiger partial charge on any atom is 6.00 e. The summed E-state index contributed by atoms with van der Waals surface area (Å²) in [7, 11) is 0. The number of hydrogen-bond donors (Lipinski definition) is 0. The van der Waals surface area contributed by atoms with Crippen LogP contribution < -0.4 is 30.6 Å². The monoisotopic (exact) mass is 860 g/mol. The van der Waals surface area contributed by atoms with E-state index in [0.29, 0.717) is 0 Å². The number of carboxylic acids is 6. The molecule has 0 aromatic carbocycles. The molecule has 0 amide bonds. The summed E-state index contributed by atoms with van der Waals surface area (Å²) < 4.78 is 189. The fourth-order valence-corrected chi connectivity index (χ4v) is 0. The first kappa shape index (κ1) is 70.6. The molecule has 49 heavy (non-hydrogen) atoms. The molecule has 0 saturated carbocycles. The number of rotatable bonds is 0. The molecule has 0 rings (SSSR count). The van der Waals surface area contributed by atoms with Gasteiger partial charge in [0.2, 0.25) is 0 Å². The van der Waals surface area contributed by atoms with Crippen LogP contribution in [0, 0.1) is 0 Å². The zero-order chi connectivity index (χ0) is 42.5. The molecule has 0 aromatic heterocycles. The SMILES string of the molecule is O=C([O-])C(F)(F)F.O=C([O-])C(F)(F)F.O=C([O-])C(F)(F)F.O=C([O-])C(F)(F)F.O=C([O-])C(F)(F)F.O=C([O-])C(F)(F)F.[C]=O.[C]=O.[C]=O.[Mo+6]. The van der Waals surface area contributed by atoms with Crippen LogP contribution in [0.1, 0.15) is 0 Å². The van der Waals surface area contributed by atoms with Crippen molar-refractivity contribution in [3.63, 3.8) is 0 Å². The summed E-state index contributed by atoms with van der Waals surface area (Å²) in [6.07, 6.45) is -31.2. The summed E-state index contributed by atoms with van der Waals surface area (Å²) in [5, 5.41) is 52.7. The van der Waals surface area contributed by atoms with E-state index in [2.05, 4.69) is 20.4 Å². The third kappa shape index (κ3) is 75.4. The minimum absolute atomic E-state index is 0. The van der Waals surface area contributed by atoms with Crippen LogP contribution in [-0.2, 0) is 64.2 Å². The van der Waals surface area contributed by atoms with E-state index >= 15 is 0 Å². The molecular weight excluding hydrogens is 858 g/mol. The molecule has 0 aliphatic carbocycles. The molecule has 0 atom stereocenters.